The van der Waals surface area contributed by atoms with Crippen LogP contribution < -0.4 is 11.5 Å². The smallest absolute Gasteiger partial charge is 0.283 e. The third kappa shape index (κ3) is 2.03. The van der Waals surface area contributed by atoms with Gasteiger partial charge in [0.15, 0.2) is 0 Å². The van der Waals surface area contributed by atoms with Crippen LogP contribution in [0.25, 0.3) is 0 Å². The lowest BCUT2D eigenvalue weighted by Crippen LogP contribution is -2.52. The summed E-state index contributed by atoms with van der Waals surface area (Å²) in [5.74, 6) is -1.04. The Balaban J connectivity index is 2.21. The van der Waals surface area contributed by atoms with Crippen LogP contribution in [0, 0.1) is 11.7 Å². The van der Waals surface area contributed by atoms with Gasteiger partial charge >= 0.3 is 0 Å². The van der Waals surface area contributed by atoms with Gasteiger partial charge in [0.05, 0.1) is 18.6 Å². The minimum absolute atomic E-state index is 0.0867. The summed E-state index contributed by atoms with van der Waals surface area (Å²) in [5, 5.41) is 0. The second-order valence-electron chi connectivity index (χ2n) is 5.47. The molecule has 2 aliphatic heterocycles. The van der Waals surface area contributed by atoms with E-state index in [1.807, 2.05) is 0 Å². The minimum atomic E-state index is -1.47. The first kappa shape index (κ1) is 14.1. The lowest BCUT2D eigenvalue weighted by Gasteiger charge is -2.41. The molecule has 1 fully saturated rings. The van der Waals surface area contributed by atoms with Crippen LogP contribution in [-0.4, -0.2) is 31.5 Å². The van der Waals surface area contributed by atoms with Gasteiger partial charge in [-0.3, -0.25) is 0 Å². The number of nitrogens with two attached hydrogens (primary N) is 2. The molecule has 1 aromatic carbocycles. The number of hydrogen-bond acceptors (Lipinski definition) is 5. The number of fused-ring (bicyclic) bond motifs is 1. The Morgan fingerprint density at radius 3 is 2.90 bits per heavy atom. The number of amidine groups is 1. The molecule has 3 rings (SSSR count). The van der Waals surface area contributed by atoms with Crippen LogP contribution in [0.2, 0.25) is 0 Å². The highest BCUT2D eigenvalue weighted by atomic mass is 19.1. The molecule has 0 spiro atoms. The fourth-order valence-corrected chi connectivity index (χ4v) is 3.32. The Morgan fingerprint density at radius 2 is 2.19 bits per heavy atom. The molecule has 21 heavy (non-hydrogen) atoms. The Bertz CT molecular complexity index is 596. The van der Waals surface area contributed by atoms with Gasteiger partial charge in [0.1, 0.15) is 24.1 Å². The van der Waals surface area contributed by atoms with Crippen LogP contribution in [0.15, 0.2) is 23.2 Å². The molecule has 4 atom stereocenters. The number of ether oxygens (including phenoxy) is 2. The minimum Gasteiger partial charge on any atom is -0.459 e. The molecule has 0 radical (unpaired) electrons. The van der Waals surface area contributed by atoms with Gasteiger partial charge in [-0.1, -0.05) is 0 Å². The highest BCUT2D eigenvalue weighted by molar-refractivity contribution is 5.73. The molecule has 7 heteroatoms. The maximum absolute atomic E-state index is 14.3. The van der Waals surface area contributed by atoms with Crippen LogP contribution in [0.1, 0.15) is 12.5 Å². The molecule has 1 saturated heterocycles. The van der Waals surface area contributed by atoms with Crippen molar-refractivity contribution in [3.05, 3.63) is 29.6 Å². The van der Waals surface area contributed by atoms with Crippen molar-refractivity contribution in [2.45, 2.75) is 24.7 Å². The number of anilines is 1. The largest absolute Gasteiger partial charge is 0.459 e. The average Bonchev–Trinajstić information content (AvgIpc) is 2.82. The first-order chi connectivity index (χ1) is 9.98. The molecular formula is C14H17F2N3O2. The van der Waals surface area contributed by atoms with E-state index in [2.05, 4.69) is 4.99 Å². The van der Waals surface area contributed by atoms with E-state index >= 15 is 0 Å². The highest BCUT2D eigenvalue weighted by Gasteiger charge is 2.56. The molecule has 0 aromatic heterocycles. The molecule has 0 unspecified atom stereocenters. The van der Waals surface area contributed by atoms with Gasteiger partial charge in [0, 0.05) is 11.3 Å². The molecule has 0 saturated carbocycles. The number of aliphatic imine (C=N–C) groups is 1. The summed E-state index contributed by atoms with van der Waals surface area (Å²) in [6, 6.07) is 3.87. The monoisotopic (exact) mass is 297 g/mol. The molecule has 0 bridgehead atoms. The predicted octanol–water partition coefficient (Wildman–Crippen LogP) is 1.32. The van der Waals surface area contributed by atoms with Crippen LogP contribution in [0.5, 0.6) is 0 Å². The maximum atomic E-state index is 14.3. The molecule has 5 nitrogen and oxygen atoms in total. The molecule has 2 heterocycles. The molecule has 2 aliphatic rings. The highest BCUT2D eigenvalue weighted by Crippen LogP contribution is 2.46. The van der Waals surface area contributed by atoms with E-state index in [9.17, 15) is 8.78 Å². The van der Waals surface area contributed by atoms with Gasteiger partial charge in [0.25, 0.3) is 6.02 Å². The van der Waals surface area contributed by atoms with E-state index in [0.29, 0.717) is 5.69 Å². The van der Waals surface area contributed by atoms with Crippen LogP contribution in [0.4, 0.5) is 14.5 Å². The number of rotatable bonds is 2. The van der Waals surface area contributed by atoms with Crippen molar-refractivity contribution in [3.63, 3.8) is 0 Å². The lowest BCUT2D eigenvalue weighted by molar-refractivity contribution is 0.0429. The maximum Gasteiger partial charge on any atom is 0.283 e. The SMILES string of the molecule is C[C@@H]1OC[C@H]2OC(N)=N[C@](CF)(c3cc(N)ccc3F)[C@@H]12. The summed E-state index contributed by atoms with van der Waals surface area (Å²) in [6.07, 6.45) is -0.780. The first-order valence-electron chi connectivity index (χ1n) is 6.73. The summed E-state index contributed by atoms with van der Waals surface area (Å²) in [4.78, 5) is 4.12. The van der Waals surface area contributed by atoms with Gasteiger partial charge < -0.3 is 20.9 Å². The standard InChI is InChI=1S/C14H17F2N3O2/c1-7-12-11(5-20-7)21-13(18)19-14(12,6-15)9-4-8(17)2-3-10(9)16/h2-4,7,11-12H,5-6,17H2,1H3,(H2,18,19)/t7-,11+,12-,14+/m0/s1. The van der Waals surface area contributed by atoms with Crippen molar-refractivity contribution in [2.75, 3.05) is 19.0 Å². The van der Waals surface area contributed by atoms with E-state index in [-0.39, 0.29) is 24.3 Å². The van der Waals surface area contributed by atoms with Gasteiger partial charge in [0.2, 0.25) is 0 Å². The lowest BCUT2D eigenvalue weighted by atomic mass is 9.74. The predicted molar refractivity (Wildman–Crippen MR) is 73.9 cm³/mol. The van der Waals surface area contributed by atoms with E-state index in [0.717, 1.165) is 0 Å². The second-order valence-corrected chi connectivity index (χ2v) is 5.47. The summed E-state index contributed by atoms with van der Waals surface area (Å²) >= 11 is 0. The zero-order chi connectivity index (χ0) is 15.2. The van der Waals surface area contributed by atoms with Crippen molar-refractivity contribution in [3.8, 4) is 0 Å². The molecular weight excluding hydrogens is 280 g/mol. The number of alkyl halides is 1. The fraction of sp³-hybridized carbons (Fsp3) is 0.500. The summed E-state index contributed by atoms with van der Waals surface area (Å²) < 4.78 is 39.3. The Morgan fingerprint density at radius 1 is 1.43 bits per heavy atom. The zero-order valence-electron chi connectivity index (χ0n) is 11.6. The van der Waals surface area contributed by atoms with Gasteiger partial charge in [-0.25, -0.2) is 13.8 Å². The fourth-order valence-electron chi connectivity index (χ4n) is 3.32. The van der Waals surface area contributed by atoms with Crippen molar-refractivity contribution < 1.29 is 18.3 Å². The second kappa shape index (κ2) is 4.84. The Kier molecular flexibility index (Phi) is 3.24. The van der Waals surface area contributed by atoms with E-state index in [4.69, 9.17) is 20.9 Å². The molecule has 114 valence electrons. The number of hydrogen-bond donors (Lipinski definition) is 2. The van der Waals surface area contributed by atoms with E-state index in [1.165, 1.54) is 18.2 Å². The molecule has 1 aromatic rings. The van der Waals surface area contributed by atoms with E-state index in [1.54, 1.807) is 6.92 Å². The summed E-state index contributed by atoms with van der Waals surface area (Å²) in [7, 11) is 0. The average molecular weight is 297 g/mol. The number of nitrogen functional groups attached to an aromatic ring is 1. The number of nitrogens with zero attached hydrogens (tertiary/aromatic N) is 1. The molecule has 0 amide bonds. The van der Waals surface area contributed by atoms with Gasteiger partial charge in [-0.05, 0) is 25.1 Å². The van der Waals surface area contributed by atoms with Crippen molar-refractivity contribution in [1.29, 1.82) is 0 Å². The van der Waals surface area contributed by atoms with Crippen LogP contribution in [0.3, 0.4) is 0 Å². The first-order valence-corrected chi connectivity index (χ1v) is 6.73. The van der Waals surface area contributed by atoms with Crippen LogP contribution >= 0.6 is 0 Å². The van der Waals surface area contributed by atoms with Crippen molar-refractivity contribution >= 4 is 11.7 Å². The van der Waals surface area contributed by atoms with Crippen molar-refractivity contribution in [2.24, 2.45) is 16.6 Å². The van der Waals surface area contributed by atoms with E-state index < -0.39 is 30.1 Å². The topological polar surface area (TPSA) is 82.9 Å². The van der Waals surface area contributed by atoms with Gasteiger partial charge in [-0.2, -0.15) is 0 Å². The Labute approximate surface area is 120 Å². The third-order valence-electron chi connectivity index (χ3n) is 4.22. The third-order valence-corrected chi connectivity index (χ3v) is 4.22. The summed E-state index contributed by atoms with van der Waals surface area (Å²) in [5.41, 5.74) is 10.3. The molecule has 4 N–H and O–H groups in total. The Hall–Kier alpha value is -1.89. The zero-order valence-corrected chi connectivity index (χ0v) is 11.6. The number of benzene rings is 1. The normalized spacial score (nSPS) is 35.0. The van der Waals surface area contributed by atoms with Crippen LogP contribution in [-0.2, 0) is 15.0 Å². The molecule has 0 aliphatic carbocycles. The van der Waals surface area contributed by atoms with Crippen molar-refractivity contribution in [1.82, 2.24) is 0 Å². The summed E-state index contributed by atoms with van der Waals surface area (Å²) in [6.45, 7) is 1.15. The quantitative estimate of drug-likeness (QED) is 0.807. The number of halogens is 2. The van der Waals surface area contributed by atoms with Gasteiger partial charge in [-0.15, -0.1) is 0 Å².